The third-order valence-corrected chi connectivity index (χ3v) is 8.16. The smallest absolute Gasteiger partial charge is 0.243 e. The lowest BCUT2D eigenvalue weighted by atomic mass is 10.3. The molecule has 1 heterocycles. The van der Waals surface area contributed by atoms with Gasteiger partial charge in [0.25, 0.3) is 0 Å². The van der Waals surface area contributed by atoms with Gasteiger partial charge in [0.15, 0.2) is 11.5 Å². The third-order valence-electron chi connectivity index (χ3n) is 5.17. The lowest BCUT2D eigenvalue weighted by Gasteiger charge is -2.18. The number of methoxy groups -OCH3 is 3. The number of rotatable bonds is 9. The molecule has 0 aromatic heterocycles. The second-order valence-corrected chi connectivity index (χ2v) is 10.6. The Labute approximate surface area is 193 Å². The van der Waals surface area contributed by atoms with Gasteiger partial charge in [-0.05, 0) is 56.2 Å². The zero-order valence-electron chi connectivity index (χ0n) is 18.6. The first-order valence-electron chi connectivity index (χ1n) is 10.2. The van der Waals surface area contributed by atoms with Gasteiger partial charge in [-0.3, -0.25) is 4.79 Å². The normalized spacial score (nSPS) is 15.2. The van der Waals surface area contributed by atoms with E-state index < -0.39 is 15.3 Å². The van der Waals surface area contributed by atoms with Gasteiger partial charge in [0.1, 0.15) is 5.75 Å². The molecule has 32 heavy (non-hydrogen) atoms. The minimum atomic E-state index is -3.61. The second kappa shape index (κ2) is 10.5. The summed E-state index contributed by atoms with van der Waals surface area (Å²) in [5.74, 6) is 1.29. The van der Waals surface area contributed by atoms with E-state index in [1.165, 1.54) is 35.3 Å². The number of nitrogens with zero attached hydrogens (tertiary/aromatic N) is 1. The van der Waals surface area contributed by atoms with Crippen LogP contribution in [0.25, 0.3) is 0 Å². The van der Waals surface area contributed by atoms with Gasteiger partial charge in [-0.25, -0.2) is 8.42 Å². The number of ether oxygens (including phenoxy) is 3. The summed E-state index contributed by atoms with van der Waals surface area (Å²) in [4.78, 5) is 13.8. The van der Waals surface area contributed by atoms with E-state index in [9.17, 15) is 13.2 Å². The minimum absolute atomic E-state index is 0.135. The van der Waals surface area contributed by atoms with Crippen LogP contribution in [-0.4, -0.2) is 58.3 Å². The average Bonchev–Trinajstić information content (AvgIpc) is 3.34. The molecule has 1 N–H and O–H groups in total. The minimum Gasteiger partial charge on any atom is -0.495 e. The van der Waals surface area contributed by atoms with E-state index in [-0.39, 0.29) is 10.8 Å². The monoisotopic (exact) mass is 480 g/mol. The van der Waals surface area contributed by atoms with Crippen LogP contribution in [0.4, 0.5) is 5.69 Å². The molecule has 0 radical (unpaired) electrons. The first-order chi connectivity index (χ1) is 15.3. The van der Waals surface area contributed by atoms with Gasteiger partial charge in [-0.15, -0.1) is 11.8 Å². The summed E-state index contributed by atoms with van der Waals surface area (Å²) < 4.78 is 43.2. The van der Waals surface area contributed by atoms with Crippen molar-refractivity contribution in [1.82, 2.24) is 4.31 Å². The molecule has 0 unspecified atom stereocenters. The first-order valence-corrected chi connectivity index (χ1v) is 12.5. The van der Waals surface area contributed by atoms with Crippen molar-refractivity contribution in [2.75, 3.05) is 39.7 Å². The zero-order chi connectivity index (χ0) is 23.3. The highest BCUT2D eigenvalue weighted by atomic mass is 32.2. The Morgan fingerprint density at radius 2 is 1.59 bits per heavy atom. The molecule has 1 fully saturated rings. The van der Waals surface area contributed by atoms with Crippen molar-refractivity contribution < 1.29 is 27.4 Å². The molecule has 3 rings (SSSR count). The summed E-state index contributed by atoms with van der Waals surface area (Å²) in [6, 6.07) is 9.95. The molecule has 8 nitrogen and oxygen atoms in total. The lowest BCUT2D eigenvalue weighted by molar-refractivity contribution is -0.115. The number of anilines is 1. The highest BCUT2D eigenvalue weighted by molar-refractivity contribution is 8.00. The number of nitrogens with one attached hydrogen (secondary N) is 1. The molecule has 1 aliphatic heterocycles. The number of hydrogen-bond donors (Lipinski definition) is 1. The molecule has 1 aliphatic rings. The van der Waals surface area contributed by atoms with Crippen LogP contribution in [0.3, 0.4) is 0 Å². The Hall–Kier alpha value is -2.43. The molecule has 0 bridgehead atoms. The predicted octanol–water partition coefficient (Wildman–Crippen LogP) is 3.62. The van der Waals surface area contributed by atoms with E-state index in [0.29, 0.717) is 36.0 Å². The molecule has 174 valence electrons. The van der Waals surface area contributed by atoms with Gasteiger partial charge in [0, 0.05) is 18.0 Å². The van der Waals surface area contributed by atoms with Gasteiger partial charge >= 0.3 is 0 Å². The van der Waals surface area contributed by atoms with Crippen molar-refractivity contribution in [3.05, 3.63) is 36.4 Å². The van der Waals surface area contributed by atoms with Gasteiger partial charge in [0.2, 0.25) is 15.9 Å². The molecule has 10 heteroatoms. The zero-order valence-corrected chi connectivity index (χ0v) is 20.2. The van der Waals surface area contributed by atoms with E-state index in [4.69, 9.17) is 14.2 Å². The van der Waals surface area contributed by atoms with Crippen LogP contribution >= 0.6 is 11.8 Å². The summed E-state index contributed by atoms with van der Waals surface area (Å²) in [5.41, 5.74) is 0.317. The van der Waals surface area contributed by atoms with Crippen LogP contribution in [0.1, 0.15) is 19.8 Å². The molecule has 0 spiro atoms. The van der Waals surface area contributed by atoms with Gasteiger partial charge in [-0.2, -0.15) is 4.31 Å². The maximum Gasteiger partial charge on any atom is 0.243 e. The summed E-state index contributed by atoms with van der Waals surface area (Å²) in [6.45, 7) is 2.79. The summed E-state index contributed by atoms with van der Waals surface area (Å²) >= 11 is 1.35. The highest BCUT2D eigenvalue weighted by Crippen LogP contribution is 2.35. The molecule has 0 saturated carbocycles. The quantitative estimate of drug-likeness (QED) is 0.548. The van der Waals surface area contributed by atoms with Gasteiger partial charge < -0.3 is 19.5 Å². The van der Waals surface area contributed by atoms with Crippen molar-refractivity contribution in [3.63, 3.8) is 0 Å². The van der Waals surface area contributed by atoms with Crippen LogP contribution in [0.15, 0.2) is 46.2 Å². The largest absolute Gasteiger partial charge is 0.495 e. The predicted molar refractivity (Wildman–Crippen MR) is 124 cm³/mol. The fraction of sp³-hybridized carbons (Fsp3) is 0.409. The van der Waals surface area contributed by atoms with Crippen LogP contribution in [0.2, 0.25) is 0 Å². The summed E-state index contributed by atoms with van der Waals surface area (Å²) in [6.07, 6.45) is 1.70. The third kappa shape index (κ3) is 5.31. The molecule has 2 aromatic rings. The van der Waals surface area contributed by atoms with Crippen LogP contribution in [0, 0.1) is 0 Å². The van der Waals surface area contributed by atoms with Gasteiger partial charge in [-0.1, -0.05) is 0 Å². The Bertz CT molecular complexity index is 1070. The molecule has 2 aromatic carbocycles. The number of sulfonamides is 1. The first kappa shape index (κ1) is 24.2. The van der Waals surface area contributed by atoms with Crippen molar-refractivity contribution >= 4 is 33.4 Å². The topological polar surface area (TPSA) is 94.2 Å². The van der Waals surface area contributed by atoms with Crippen molar-refractivity contribution in [3.8, 4) is 17.2 Å². The number of benzene rings is 2. The molecule has 1 amide bonds. The molecular weight excluding hydrogens is 452 g/mol. The number of carbonyl (C=O) groups excluding carboxylic acids is 1. The van der Waals surface area contributed by atoms with Crippen LogP contribution < -0.4 is 19.5 Å². The average molecular weight is 481 g/mol. The summed E-state index contributed by atoms with van der Waals surface area (Å²) in [5, 5.41) is 2.35. The molecule has 0 aliphatic carbocycles. The Morgan fingerprint density at radius 1 is 0.969 bits per heavy atom. The Kier molecular flexibility index (Phi) is 7.91. The lowest BCUT2D eigenvalue weighted by Crippen LogP contribution is -2.28. The fourth-order valence-electron chi connectivity index (χ4n) is 3.40. The van der Waals surface area contributed by atoms with E-state index in [1.54, 1.807) is 39.3 Å². The Balaban J connectivity index is 1.77. The fourth-order valence-corrected chi connectivity index (χ4v) is 5.84. The molecule has 1 atom stereocenters. The number of carbonyl (C=O) groups is 1. The van der Waals surface area contributed by atoms with Gasteiger partial charge in [0.05, 0.1) is 37.2 Å². The molecule has 1 saturated heterocycles. The SMILES string of the molecule is COc1ccc(S(=O)(=O)N2CCCC2)cc1NC(=O)[C@H](C)Sc1ccc(OC)c(OC)c1. The second-order valence-electron chi connectivity index (χ2n) is 7.24. The Morgan fingerprint density at radius 3 is 2.22 bits per heavy atom. The van der Waals surface area contributed by atoms with E-state index in [2.05, 4.69) is 5.32 Å². The van der Waals surface area contributed by atoms with Crippen molar-refractivity contribution in [2.24, 2.45) is 0 Å². The maximum absolute atomic E-state index is 12.9. The van der Waals surface area contributed by atoms with Crippen LogP contribution in [0.5, 0.6) is 17.2 Å². The standard InChI is InChI=1S/C22H28N2O6S2/c1-15(31-16-7-9-20(29-3)21(13-16)30-4)22(25)23-18-14-17(8-10-19(18)28-2)32(26,27)24-11-5-6-12-24/h7-10,13-15H,5-6,11-12H2,1-4H3,(H,23,25)/t15-/m0/s1. The number of thioether (sulfide) groups is 1. The summed E-state index contributed by atoms with van der Waals surface area (Å²) in [7, 11) is 0.979. The number of amides is 1. The van der Waals surface area contributed by atoms with E-state index >= 15 is 0 Å². The van der Waals surface area contributed by atoms with Crippen molar-refractivity contribution in [2.45, 2.75) is 34.8 Å². The maximum atomic E-state index is 12.9. The van der Waals surface area contributed by atoms with E-state index in [1.807, 2.05) is 6.07 Å². The molecular formula is C22H28N2O6S2. The number of hydrogen-bond acceptors (Lipinski definition) is 7. The van der Waals surface area contributed by atoms with Crippen LogP contribution in [-0.2, 0) is 14.8 Å². The highest BCUT2D eigenvalue weighted by Gasteiger charge is 2.28. The van der Waals surface area contributed by atoms with E-state index in [0.717, 1.165) is 17.7 Å². The van der Waals surface area contributed by atoms with Crippen molar-refractivity contribution in [1.29, 1.82) is 0 Å².